The summed E-state index contributed by atoms with van der Waals surface area (Å²) in [5, 5.41) is 20.2. The van der Waals surface area contributed by atoms with Crippen molar-refractivity contribution in [2.45, 2.75) is 25.9 Å². The van der Waals surface area contributed by atoms with E-state index in [9.17, 15) is 9.90 Å². The molecular weight excluding hydrogens is 454 g/mol. The third-order valence-corrected chi connectivity index (χ3v) is 6.49. The van der Waals surface area contributed by atoms with E-state index >= 15 is 0 Å². The van der Waals surface area contributed by atoms with Crippen molar-refractivity contribution in [3.8, 4) is 16.9 Å². The molecule has 4 rings (SSSR count). The minimum atomic E-state index is -0.229. The number of carbonyl (C=O) groups excluding carboxylic acids is 1. The summed E-state index contributed by atoms with van der Waals surface area (Å²) in [6, 6.07) is 11.7. The second-order valence-corrected chi connectivity index (χ2v) is 9.28. The van der Waals surface area contributed by atoms with E-state index in [-0.39, 0.29) is 24.6 Å². The molecule has 0 fully saturated rings. The third kappa shape index (κ3) is 6.13. The van der Waals surface area contributed by atoms with Gasteiger partial charge in [-0.3, -0.25) is 14.4 Å². The first kappa shape index (κ1) is 25.5. The molecule has 190 valence electrons. The fourth-order valence-corrected chi connectivity index (χ4v) is 4.46. The molecule has 0 radical (unpaired) electrons. The Kier molecular flexibility index (Phi) is 8.07. The van der Waals surface area contributed by atoms with Crippen LogP contribution >= 0.6 is 0 Å². The van der Waals surface area contributed by atoms with Crippen molar-refractivity contribution in [2.24, 2.45) is 7.05 Å². The number of methoxy groups -OCH3 is 1. The van der Waals surface area contributed by atoms with Crippen molar-refractivity contribution in [3.63, 3.8) is 0 Å². The van der Waals surface area contributed by atoms with Gasteiger partial charge in [0.25, 0.3) is 5.91 Å². The standard InChI is InChI=1S/C28H35N5O3/c1-19-7-8-24(31-25-6-5-9-33(18-25)10-11-34)15-27(19)28(35)30-20(2)21-12-22(14-26(13-21)36-4)23-16-29-32(3)17-23/h5-8,12-17,20,25,31,34H,9-11,18H2,1-4H3,(H,30,35). The van der Waals surface area contributed by atoms with Crippen LogP contribution in [0.15, 0.2) is 60.9 Å². The highest BCUT2D eigenvalue weighted by Crippen LogP contribution is 2.29. The van der Waals surface area contributed by atoms with Crippen molar-refractivity contribution < 1.29 is 14.6 Å². The first-order valence-electron chi connectivity index (χ1n) is 12.2. The van der Waals surface area contributed by atoms with Crippen LogP contribution in [-0.2, 0) is 7.05 Å². The number of aliphatic hydroxyl groups is 1. The van der Waals surface area contributed by atoms with Crippen LogP contribution in [0.2, 0.25) is 0 Å². The number of amides is 1. The highest BCUT2D eigenvalue weighted by atomic mass is 16.5. The Morgan fingerprint density at radius 2 is 2.08 bits per heavy atom. The predicted molar refractivity (Wildman–Crippen MR) is 142 cm³/mol. The van der Waals surface area contributed by atoms with Crippen molar-refractivity contribution in [1.29, 1.82) is 0 Å². The molecule has 2 unspecified atom stereocenters. The van der Waals surface area contributed by atoms with Gasteiger partial charge in [-0.1, -0.05) is 18.2 Å². The molecule has 0 aliphatic carbocycles. The average Bonchev–Trinajstić information content (AvgIpc) is 3.31. The van der Waals surface area contributed by atoms with Crippen LogP contribution in [0.3, 0.4) is 0 Å². The number of carbonyl (C=O) groups is 1. The Morgan fingerprint density at radius 3 is 2.81 bits per heavy atom. The fourth-order valence-electron chi connectivity index (χ4n) is 4.46. The van der Waals surface area contributed by atoms with Crippen LogP contribution in [0.25, 0.3) is 11.1 Å². The molecule has 1 aromatic heterocycles. The van der Waals surface area contributed by atoms with Crippen LogP contribution in [0.1, 0.15) is 34.5 Å². The number of ether oxygens (including phenoxy) is 1. The van der Waals surface area contributed by atoms with Crippen molar-refractivity contribution >= 4 is 11.6 Å². The lowest BCUT2D eigenvalue weighted by molar-refractivity contribution is 0.0939. The maximum absolute atomic E-state index is 13.3. The molecule has 0 saturated heterocycles. The van der Waals surface area contributed by atoms with Crippen LogP contribution in [0.5, 0.6) is 5.75 Å². The Morgan fingerprint density at radius 1 is 1.25 bits per heavy atom. The summed E-state index contributed by atoms with van der Waals surface area (Å²) < 4.78 is 7.28. The second-order valence-electron chi connectivity index (χ2n) is 9.28. The van der Waals surface area contributed by atoms with Crippen LogP contribution in [0.4, 0.5) is 5.69 Å². The number of hydrogen-bond donors (Lipinski definition) is 3. The van der Waals surface area contributed by atoms with Gasteiger partial charge in [0, 0.05) is 49.7 Å². The summed E-state index contributed by atoms with van der Waals surface area (Å²) in [7, 11) is 3.52. The Balaban J connectivity index is 1.49. The zero-order chi connectivity index (χ0) is 25.7. The van der Waals surface area contributed by atoms with E-state index in [0.29, 0.717) is 12.1 Å². The van der Waals surface area contributed by atoms with Crippen LogP contribution in [-0.4, -0.2) is 65.1 Å². The molecule has 8 heteroatoms. The predicted octanol–water partition coefficient (Wildman–Crippen LogP) is 3.54. The lowest BCUT2D eigenvalue weighted by Gasteiger charge is -2.29. The molecule has 0 spiro atoms. The minimum absolute atomic E-state index is 0.116. The monoisotopic (exact) mass is 489 g/mol. The smallest absolute Gasteiger partial charge is 0.252 e. The first-order valence-corrected chi connectivity index (χ1v) is 12.2. The molecule has 3 N–H and O–H groups in total. The maximum atomic E-state index is 13.3. The molecule has 0 bridgehead atoms. The van der Waals surface area contributed by atoms with Gasteiger partial charge in [0.1, 0.15) is 5.75 Å². The van der Waals surface area contributed by atoms with Gasteiger partial charge in [-0.15, -0.1) is 0 Å². The molecule has 36 heavy (non-hydrogen) atoms. The quantitative estimate of drug-likeness (QED) is 0.398. The van der Waals surface area contributed by atoms with Crippen LogP contribution in [0, 0.1) is 6.92 Å². The summed E-state index contributed by atoms with van der Waals surface area (Å²) in [4.78, 5) is 15.5. The van der Waals surface area contributed by atoms with E-state index in [4.69, 9.17) is 4.74 Å². The summed E-state index contributed by atoms with van der Waals surface area (Å²) in [6.07, 6.45) is 8.01. The number of anilines is 1. The SMILES string of the molecule is COc1cc(-c2cnn(C)c2)cc(C(C)NC(=O)c2cc(NC3C=CCN(CCO)C3)ccc2C)c1. The molecule has 1 amide bonds. The number of nitrogens with one attached hydrogen (secondary N) is 2. The molecule has 1 aliphatic rings. The minimum Gasteiger partial charge on any atom is -0.497 e. The van der Waals surface area contributed by atoms with E-state index in [1.807, 2.05) is 63.6 Å². The molecular formula is C28H35N5O3. The van der Waals surface area contributed by atoms with Crippen LogP contribution < -0.4 is 15.4 Å². The van der Waals surface area contributed by atoms with Crippen molar-refractivity contribution in [3.05, 3.63) is 77.6 Å². The van der Waals surface area contributed by atoms with E-state index in [0.717, 1.165) is 46.8 Å². The summed E-state index contributed by atoms with van der Waals surface area (Å²) in [5.41, 5.74) is 5.35. The van der Waals surface area contributed by atoms with Gasteiger partial charge in [0.05, 0.1) is 32.0 Å². The summed E-state index contributed by atoms with van der Waals surface area (Å²) in [5.74, 6) is 0.598. The zero-order valence-corrected chi connectivity index (χ0v) is 21.4. The number of aliphatic hydroxyl groups excluding tert-OH is 1. The van der Waals surface area contributed by atoms with E-state index in [1.54, 1.807) is 11.8 Å². The topological polar surface area (TPSA) is 91.6 Å². The maximum Gasteiger partial charge on any atom is 0.252 e. The normalized spacial score (nSPS) is 16.5. The zero-order valence-electron chi connectivity index (χ0n) is 21.4. The van der Waals surface area contributed by atoms with Gasteiger partial charge in [0.2, 0.25) is 0 Å². The number of aromatic nitrogens is 2. The Labute approximate surface area is 212 Å². The van der Waals surface area contributed by atoms with E-state index in [2.05, 4.69) is 38.9 Å². The largest absolute Gasteiger partial charge is 0.497 e. The number of benzene rings is 2. The lowest BCUT2D eigenvalue weighted by Crippen LogP contribution is -2.40. The number of β-amino-alcohol motifs (C(OH)–C–C–N with tert-alkyl or cyclic N) is 1. The molecule has 2 atom stereocenters. The Bertz CT molecular complexity index is 1240. The van der Waals surface area contributed by atoms with E-state index < -0.39 is 0 Å². The highest BCUT2D eigenvalue weighted by molar-refractivity contribution is 5.96. The highest BCUT2D eigenvalue weighted by Gasteiger charge is 2.18. The second kappa shape index (κ2) is 11.4. The van der Waals surface area contributed by atoms with Gasteiger partial charge in [-0.25, -0.2) is 0 Å². The van der Waals surface area contributed by atoms with Crippen molar-refractivity contribution in [1.82, 2.24) is 20.0 Å². The summed E-state index contributed by atoms with van der Waals surface area (Å²) >= 11 is 0. The number of nitrogens with zero attached hydrogens (tertiary/aromatic N) is 3. The lowest BCUT2D eigenvalue weighted by atomic mass is 10.0. The number of hydrogen-bond acceptors (Lipinski definition) is 6. The number of aryl methyl sites for hydroxylation is 2. The van der Waals surface area contributed by atoms with Gasteiger partial charge in [0.15, 0.2) is 0 Å². The van der Waals surface area contributed by atoms with E-state index in [1.165, 1.54) is 0 Å². The van der Waals surface area contributed by atoms with Gasteiger partial charge >= 0.3 is 0 Å². The summed E-state index contributed by atoms with van der Waals surface area (Å²) in [6.45, 7) is 6.35. The molecule has 3 aromatic rings. The number of rotatable bonds is 9. The fraction of sp³-hybridized carbons (Fsp3) is 0.357. The molecule has 2 aromatic carbocycles. The van der Waals surface area contributed by atoms with Gasteiger partial charge in [-0.05, 0) is 60.9 Å². The molecule has 2 heterocycles. The molecule has 8 nitrogen and oxygen atoms in total. The van der Waals surface area contributed by atoms with Gasteiger partial charge < -0.3 is 20.5 Å². The average molecular weight is 490 g/mol. The van der Waals surface area contributed by atoms with Crippen molar-refractivity contribution in [2.75, 3.05) is 38.7 Å². The molecule has 1 aliphatic heterocycles. The molecule has 0 saturated carbocycles. The van der Waals surface area contributed by atoms with Gasteiger partial charge in [-0.2, -0.15) is 5.10 Å². The third-order valence-electron chi connectivity index (χ3n) is 6.49. The first-order chi connectivity index (χ1) is 17.4. The Hall–Kier alpha value is -3.62.